The largest absolute Gasteiger partial charge is 0.497 e. The molecule has 0 aliphatic carbocycles. The number of ether oxygens (including phenoxy) is 4. The van der Waals surface area contributed by atoms with Gasteiger partial charge in [0, 0.05) is 51.9 Å². The molecule has 0 aromatic heterocycles. The Morgan fingerprint density at radius 2 is 1.83 bits per heavy atom. The first kappa shape index (κ1) is 23.3. The molecule has 0 unspecified atom stereocenters. The van der Waals surface area contributed by atoms with E-state index in [0.717, 1.165) is 62.3 Å². The molecule has 1 N–H and O–H groups in total. The molecule has 0 radical (unpaired) electrons. The minimum absolute atomic E-state index is 0.605. The summed E-state index contributed by atoms with van der Waals surface area (Å²) in [7, 11) is 5.07. The number of guanidine groups is 1. The summed E-state index contributed by atoms with van der Waals surface area (Å²) in [5.41, 5.74) is 1.15. The van der Waals surface area contributed by atoms with Crippen LogP contribution in [0.5, 0.6) is 11.5 Å². The quantitative estimate of drug-likeness (QED) is 0.338. The molecule has 1 saturated heterocycles. The molecule has 1 fully saturated rings. The number of methoxy groups -OCH3 is 3. The summed E-state index contributed by atoms with van der Waals surface area (Å²) in [6.07, 6.45) is 0. The van der Waals surface area contributed by atoms with E-state index < -0.39 is 0 Å². The SMILES string of the molecule is CCNC(=NCCOCCOC)N1CCN(Cc2cc(OC)ccc2OC)CC1. The number of nitrogens with one attached hydrogen (secondary N) is 1. The molecule has 0 saturated carbocycles. The first-order chi connectivity index (χ1) is 14.2. The number of piperazine rings is 1. The Kier molecular flexibility index (Phi) is 10.6. The maximum absolute atomic E-state index is 5.52. The zero-order valence-corrected chi connectivity index (χ0v) is 18.3. The molecule has 1 heterocycles. The second-order valence-electron chi connectivity index (χ2n) is 6.78. The number of rotatable bonds is 11. The van der Waals surface area contributed by atoms with E-state index in [1.807, 2.05) is 12.1 Å². The third-order valence-corrected chi connectivity index (χ3v) is 4.82. The van der Waals surface area contributed by atoms with E-state index >= 15 is 0 Å². The van der Waals surface area contributed by atoms with Gasteiger partial charge in [0.1, 0.15) is 11.5 Å². The Labute approximate surface area is 174 Å². The van der Waals surface area contributed by atoms with Crippen LogP contribution in [0.15, 0.2) is 23.2 Å². The lowest BCUT2D eigenvalue weighted by molar-refractivity contribution is 0.0746. The summed E-state index contributed by atoms with van der Waals surface area (Å²) < 4.78 is 21.4. The molecule has 1 aliphatic rings. The van der Waals surface area contributed by atoms with Gasteiger partial charge in [0.15, 0.2) is 5.96 Å². The van der Waals surface area contributed by atoms with Crippen LogP contribution >= 0.6 is 0 Å². The summed E-state index contributed by atoms with van der Waals surface area (Å²) >= 11 is 0. The number of hydrogen-bond acceptors (Lipinski definition) is 6. The third kappa shape index (κ3) is 7.72. The summed E-state index contributed by atoms with van der Waals surface area (Å²) in [6, 6.07) is 5.95. The number of aliphatic imine (C=N–C) groups is 1. The lowest BCUT2D eigenvalue weighted by Gasteiger charge is -2.36. The van der Waals surface area contributed by atoms with Gasteiger partial charge in [-0.15, -0.1) is 0 Å². The molecule has 2 rings (SSSR count). The topological polar surface area (TPSA) is 67.8 Å². The first-order valence-corrected chi connectivity index (χ1v) is 10.2. The molecule has 0 spiro atoms. The monoisotopic (exact) mass is 408 g/mol. The van der Waals surface area contributed by atoms with Gasteiger partial charge in [0.25, 0.3) is 0 Å². The van der Waals surface area contributed by atoms with Crippen molar-refractivity contribution in [2.75, 3.05) is 80.4 Å². The van der Waals surface area contributed by atoms with E-state index in [0.29, 0.717) is 26.4 Å². The average molecular weight is 409 g/mol. The molecule has 164 valence electrons. The summed E-state index contributed by atoms with van der Waals surface area (Å²) in [6.45, 7) is 10.1. The average Bonchev–Trinajstić information content (AvgIpc) is 2.76. The predicted octanol–water partition coefficient (Wildman–Crippen LogP) is 1.45. The van der Waals surface area contributed by atoms with Crippen molar-refractivity contribution in [3.05, 3.63) is 23.8 Å². The Morgan fingerprint density at radius 3 is 2.48 bits per heavy atom. The molecule has 0 atom stereocenters. The van der Waals surface area contributed by atoms with E-state index in [4.69, 9.17) is 23.9 Å². The van der Waals surface area contributed by atoms with Gasteiger partial charge in [-0.2, -0.15) is 0 Å². The van der Waals surface area contributed by atoms with E-state index in [9.17, 15) is 0 Å². The molecule has 0 bridgehead atoms. The van der Waals surface area contributed by atoms with E-state index in [2.05, 4.69) is 28.1 Å². The Hall–Kier alpha value is -2.03. The fraction of sp³-hybridized carbons (Fsp3) is 0.667. The van der Waals surface area contributed by atoms with Gasteiger partial charge in [-0.1, -0.05) is 0 Å². The minimum Gasteiger partial charge on any atom is -0.497 e. The highest BCUT2D eigenvalue weighted by molar-refractivity contribution is 5.80. The Balaban J connectivity index is 1.86. The number of nitrogens with zero attached hydrogens (tertiary/aromatic N) is 3. The van der Waals surface area contributed by atoms with Crippen LogP contribution in [0.4, 0.5) is 0 Å². The molecule has 29 heavy (non-hydrogen) atoms. The van der Waals surface area contributed by atoms with E-state index in [1.54, 1.807) is 21.3 Å². The highest BCUT2D eigenvalue weighted by Gasteiger charge is 2.20. The van der Waals surface area contributed by atoms with Crippen molar-refractivity contribution in [1.82, 2.24) is 15.1 Å². The van der Waals surface area contributed by atoms with Gasteiger partial charge in [-0.25, -0.2) is 0 Å². The molecular formula is C21H36N4O4. The van der Waals surface area contributed by atoms with Gasteiger partial charge in [0.05, 0.1) is 40.6 Å². The Bertz CT molecular complexity index is 619. The minimum atomic E-state index is 0.605. The van der Waals surface area contributed by atoms with Gasteiger partial charge in [0.2, 0.25) is 0 Å². The second-order valence-corrected chi connectivity index (χ2v) is 6.78. The summed E-state index contributed by atoms with van der Waals surface area (Å²) in [5.74, 6) is 2.71. The number of hydrogen-bond donors (Lipinski definition) is 1. The molecule has 8 nitrogen and oxygen atoms in total. The molecule has 8 heteroatoms. The van der Waals surface area contributed by atoms with Crippen molar-refractivity contribution in [2.45, 2.75) is 13.5 Å². The van der Waals surface area contributed by atoms with Crippen molar-refractivity contribution in [3.63, 3.8) is 0 Å². The van der Waals surface area contributed by atoms with Crippen LogP contribution in [0.2, 0.25) is 0 Å². The van der Waals surface area contributed by atoms with Crippen LogP contribution in [0.1, 0.15) is 12.5 Å². The Morgan fingerprint density at radius 1 is 1.03 bits per heavy atom. The van der Waals surface area contributed by atoms with Crippen molar-refractivity contribution >= 4 is 5.96 Å². The van der Waals surface area contributed by atoms with Crippen LogP contribution in [-0.4, -0.2) is 96.2 Å². The fourth-order valence-electron chi connectivity index (χ4n) is 3.25. The van der Waals surface area contributed by atoms with Crippen LogP contribution in [-0.2, 0) is 16.0 Å². The van der Waals surface area contributed by atoms with Gasteiger partial charge < -0.3 is 29.2 Å². The highest BCUT2D eigenvalue weighted by Crippen LogP contribution is 2.25. The maximum Gasteiger partial charge on any atom is 0.194 e. The lowest BCUT2D eigenvalue weighted by atomic mass is 10.1. The molecule has 1 aliphatic heterocycles. The predicted molar refractivity (Wildman–Crippen MR) is 115 cm³/mol. The van der Waals surface area contributed by atoms with Crippen LogP contribution in [0, 0.1) is 0 Å². The number of benzene rings is 1. The maximum atomic E-state index is 5.52. The third-order valence-electron chi connectivity index (χ3n) is 4.82. The first-order valence-electron chi connectivity index (χ1n) is 10.2. The van der Waals surface area contributed by atoms with Gasteiger partial charge >= 0.3 is 0 Å². The van der Waals surface area contributed by atoms with E-state index in [1.165, 1.54) is 0 Å². The fourth-order valence-corrected chi connectivity index (χ4v) is 3.25. The summed E-state index contributed by atoms with van der Waals surface area (Å²) in [4.78, 5) is 9.46. The molecule has 0 amide bonds. The van der Waals surface area contributed by atoms with Crippen molar-refractivity contribution < 1.29 is 18.9 Å². The van der Waals surface area contributed by atoms with Crippen molar-refractivity contribution in [3.8, 4) is 11.5 Å². The highest BCUT2D eigenvalue weighted by atomic mass is 16.5. The molecular weight excluding hydrogens is 372 g/mol. The van der Waals surface area contributed by atoms with Crippen LogP contribution in [0.25, 0.3) is 0 Å². The van der Waals surface area contributed by atoms with Crippen molar-refractivity contribution in [1.29, 1.82) is 0 Å². The zero-order valence-electron chi connectivity index (χ0n) is 18.3. The standard InChI is InChI=1S/C21H36N4O4/c1-5-22-21(23-8-13-29-15-14-26-2)25-11-9-24(10-12-25)17-18-16-19(27-3)6-7-20(18)28-4/h6-7,16H,5,8-15,17H2,1-4H3,(H,22,23). The normalized spacial score (nSPS) is 15.4. The van der Waals surface area contributed by atoms with Crippen LogP contribution in [0.3, 0.4) is 0 Å². The molecule has 1 aromatic rings. The summed E-state index contributed by atoms with van der Waals surface area (Å²) in [5, 5.41) is 3.39. The van der Waals surface area contributed by atoms with Gasteiger partial charge in [-0.3, -0.25) is 9.89 Å². The molecule has 1 aromatic carbocycles. The lowest BCUT2D eigenvalue weighted by Crippen LogP contribution is -2.52. The van der Waals surface area contributed by atoms with Gasteiger partial charge in [-0.05, 0) is 25.1 Å². The van der Waals surface area contributed by atoms with E-state index in [-0.39, 0.29) is 0 Å². The van der Waals surface area contributed by atoms with Crippen molar-refractivity contribution in [2.24, 2.45) is 4.99 Å². The zero-order chi connectivity index (χ0) is 20.9. The van der Waals surface area contributed by atoms with Crippen LogP contribution < -0.4 is 14.8 Å². The smallest absolute Gasteiger partial charge is 0.194 e. The second kappa shape index (κ2) is 13.2.